The van der Waals surface area contributed by atoms with E-state index in [1.807, 2.05) is 11.3 Å². The van der Waals surface area contributed by atoms with Gasteiger partial charge in [-0.2, -0.15) is 0 Å². The predicted molar refractivity (Wildman–Crippen MR) is 311 cm³/mol. The maximum absolute atomic E-state index is 2.52. The molecule has 0 fully saturated rings. The summed E-state index contributed by atoms with van der Waals surface area (Å²) in [7, 11) is 0. The van der Waals surface area contributed by atoms with Crippen LogP contribution in [0.3, 0.4) is 0 Å². The lowest BCUT2D eigenvalue weighted by molar-refractivity contribution is 0.769. The topological polar surface area (TPSA) is 3.24 Å². The van der Waals surface area contributed by atoms with Crippen LogP contribution in [0.15, 0.2) is 285 Å². The van der Waals surface area contributed by atoms with Crippen LogP contribution in [0.4, 0.5) is 17.1 Å². The molecule has 1 aliphatic carbocycles. The summed E-state index contributed by atoms with van der Waals surface area (Å²) in [5, 5.41) is 5.07. The number of anilines is 3. The van der Waals surface area contributed by atoms with Crippen LogP contribution in [0.2, 0.25) is 0 Å². The Morgan fingerprint density at radius 1 is 0.288 bits per heavy atom. The first kappa shape index (κ1) is 42.8. The zero-order chi connectivity index (χ0) is 48.3. The minimum Gasteiger partial charge on any atom is -0.310 e. The van der Waals surface area contributed by atoms with Crippen molar-refractivity contribution < 1.29 is 0 Å². The normalized spacial score (nSPS) is 13.8. The third-order valence-corrected chi connectivity index (χ3v) is 16.3. The van der Waals surface area contributed by atoms with Gasteiger partial charge in [0.05, 0.1) is 11.1 Å². The van der Waals surface area contributed by atoms with E-state index in [2.05, 4.69) is 290 Å². The highest BCUT2D eigenvalue weighted by Gasteiger charge is 2.48. The van der Waals surface area contributed by atoms with Crippen LogP contribution in [-0.4, -0.2) is 0 Å². The van der Waals surface area contributed by atoms with Crippen molar-refractivity contribution in [3.63, 3.8) is 0 Å². The largest absolute Gasteiger partial charge is 0.310 e. The lowest BCUT2D eigenvalue weighted by atomic mass is 9.67. The van der Waals surface area contributed by atoms with Crippen molar-refractivity contribution in [2.24, 2.45) is 0 Å². The second-order valence-electron chi connectivity index (χ2n) is 19.2. The summed E-state index contributed by atoms with van der Waals surface area (Å²) in [6, 6.07) is 106. The average Bonchev–Trinajstić information content (AvgIpc) is 4.00. The highest BCUT2D eigenvalue weighted by molar-refractivity contribution is 7.25. The summed E-state index contributed by atoms with van der Waals surface area (Å²) in [5.74, 6) is 0. The molecular weight excluding hydrogens is 899 g/mol. The highest BCUT2D eigenvalue weighted by atomic mass is 32.1. The lowest BCUT2D eigenvalue weighted by Crippen LogP contribution is -2.28. The third kappa shape index (κ3) is 7.13. The lowest BCUT2D eigenvalue weighted by Gasteiger charge is -2.35. The molecule has 1 nitrogen and oxygen atoms in total. The van der Waals surface area contributed by atoms with Crippen molar-refractivity contribution in [2.75, 3.05) is 4.90 Å². The van der Waals surface area contributed by atoms with Gasteiger partial charge in [0, 0.05) is 37.1 Å². The van der Waals surface area contributed by atoms with E-state index in [0.29, 0.717) is 0 Å². The molecule has 1 unspecified atom stereocenters. The molecule has 0 saturated carbocycles. The SMILES string of the molecule is c1ccc(-c2ccc(N(c3ccc(-c4ccc5c(c4)sc4ccccc45)cc3)c3cc(-c4cccc5ccccc45)cc4c3-c3ccccc3C4(c3ccccc3)c3ccc(-c4ccccc4)cc3)cc2)cc1. The zero-order valence-corrected chi connectivity index (χ0v) is 40.8. The van der Waals surface area contributed by atoms with Gasteiger partial charge in [-0.1, -0.05) is 237 Å². The quantitative estimate of drug-likeness (QED) is 0.139. The Labute approximate surface area is 430 Å². The number of benzene rings is 12. The van der Waals surface area contributed by atoms with E-state index in [-0.39, 0.29) is 0 Å². The summed E-state index contributed by atoms with van der Waals surface area (Å²) in [6.45, 7) is 0. The molecule has 13 aromatic rings. The Bertz CT molecular complexity index is 4150. The van der Waals surface area contributed by atoms with Gasteiger partial charge in [-0.05, 0) is 132 Å². The van der Waals surface area contributed by atoms with Crippen LogP contribution in [0.25, 0.3) is 86.6 Å². The standard InChI is InChI=1S/C71H47NS/c1-4-17-48(18-5-1)50-31-38-57(39-32-50)71(56-23-8-3-9-24-56)65-29-14-12-27-64(65)70-66(71)45-55(61-28-16-22-53-21-10-11-25-60(53)61)46-67(70)72(58-40-33-51(34-41-58)49-19-6-2-7-20-49)59-42-35-52(36-43-59)54-37-44-63-62-26-13-15-30-68(62)73-69(63)47-54/h1-47H. The maximum Gasteiger partial charge on any atom is 0.0714 e. The third-order valence-electron chi connectivity index (χ3n) is 15.2. The molecule has 1 atom stereocenters. The fourth-order valence-electron chi connectivity index (χ4n) is 11.8. The molecule has 14 rings (SSSR count). The first-order chi connectivity index (χ1) is 36.2. The molecule has 12 aromatic carbocycles. The first-order valence-corrected chi connectivity index (χ1v) is 26.0. The van der Waals surface area contributed by atoms with Gasteiger partial charge in [-0.15, -0.1) is 11.3 Å². The second-order valence-corrected chi connectivity index (χ2v) is 20.2. The summed E-state index contributed by atoms with van der Waals surface area (Å²) < 4.78 is 2.62. The van der Waals surface area contributed by atoms with E-state index in [9.17, 15) is 0 Å². The fraction of sp³-hybridized carbons (Fsp3) is 0.0141. The van der Waals surface area contributed by atoms with Gasteiger partial charge < -0.3 is 4.90 Å². The Balaban J connectivity index is 1.04. The van der Waals surface area contributed by atoms with Crippen molar-refractivity contribution in [3.8, 4) is 55.6 Å². The van der Waals surface area contributed by atoms with Gasteiger partial charge in [0.1, 0.15) is 0 Å². The van der Waals surface area contributed by atoms with Gasteiger partial charge in [0.2, 0.25) is 0 Å². The van der Waals surface area contributed by atoms with E-state index < -0.39 is 5.41 Å². The molecule has 0 saturated heterocycles. The second kappa shape index (κ2) is 17.6. The van der Waals surface area contributed by atoms with Gasteiger partial charge in [0.15, 0.2) is 0 Å². The van der Waals surface area contributed by atoms with Crippen molar-refractivity contribution in [1.82, 2.24) is 0 Å². The molecule has 1 aliphatic rings. The van der Waals surface area contributed by atoms with E-state index in [0.717, 1.165) is 17.1 Å². The molecule has 2 heteroatoms. The highest BCUT2D eigenvalue weighted by Crippen LogP contribution is 2.61. The minimum atomic E-state index is -0.657. The molecule has 0 spiro atoms. The van der Waals surface area contributed by atoms with Crippen LogP contribution < -0.4 is 4.90 Å². The van der Waals surface area contributed by atoms with Crippen LogP contribution in [0, 0.1) is 0 Å². The molecule has 0 N–H and O–H groups in total. The van der Waals surface area contributed by atoms with E-state index in [1.165, 1.54) is 109 Å². The van der Waals surface area contributed by atoms with E-state index in [4.69, 9.17) is 0 Å². The monoisotopic (exact) mass is 945 g/mol. The number of hydrogen-bond donors (Lipinski definition) is 0. The van der Waals surface area contributed by atoms with Gasteiger partial charge in [-0.25, -0.2) is 0 Å². The number of fused-ring (bicyclic) bond motifs is 7. The van der Waals surface area contributed by atoms with Crippen molar-refractivity contribution in [3.05, 3.63) is 307 Å². The Morgan fingerprint density at radius 2 is 0.781 bits per heavy atom. The van der Waals surface area contributed by atoms with Crippen LogP contribution in [-0.2, 0) is 5.41 Å². The fourth-order valence-corrected chi connectivity index (χ4v) is 12.9. The molecule has 1 heterocycles. The Hall–Kier alpha value is -9.08. The van der Waals surface area contributed by atoms with Crippen LogP contribution in [0.1, 0.15) is 22.3 Å². The maximum atomic E-state index is 2.52. The average molecular weight is 946 g/mol. The zero-order valence-electron chi connectivity index (χ0n) is 40.0. The van der Waals surface area contributed by atoms with E-state index in [1.54, 1.807) is 0 Å². The summed E-state index contributed by atoms with van der Waals surface area (Å²) in [6.07, 6.45) is 0. The molecule has 342 valence electrons. The Morgan fingerprint density at radius 3 is 1.48 bits per heavy atom. The molecule has 73 heavy (non-hydrogen) atoms. The summed E-state index contributed by atoms with van der Waals surface area (Å²) in [4.78, 5) is 2.51. The molecule has 0 aliphatic heterocycles. The predicted octanol–water partition coefficient (Wildman–Crippen LogP) is 19.7. The molecular formula is C71H47NS. The number of hydrogen-bond acceptors (Lipinski definition) is 2. The van der Waals surface area contributed by atoms with Gasteiger partial charge in [-0.3, -0.25) is 0 Å². The van der Waals surface area contributed by atoms with E-state index >= 15 is 0 Å². The summed E-state index contributed by atoms with van der Waals surface area (Å²) in [5.41, 5.74) is 19.6. The van der Waals surface area contributed by atoms with Crippen molar-refractivity contribution in [1.29, 1.82) is 0 Å². The van der Waals surface area contributed by atoms with Crippen LogP contribution in [0.5, 0.6) is 0 Å². The Kier molecular flexibility index (Phi) is 10.3. The van der Waals surface area contributed by atoms with Gasteiger partial charge >= 0.3 is 0 Å². The van der Waals surface area contributed by atoms with Gasteiger partial charge in [0.25, 0.3) is 0 Å². The molecule has 0 amide bonds. The number of nitrogens with zero attached hydrogens (tertiary/aromatic N) is 1. The molecule has 0 bridgehead atoms. The van der Waals surface area contributed by atoms with Crippen LogP contribution >= 0.6 is 11.3 Å². The summed E-state index contributed by atoms with van der Waals surface area (Å²) >= 11 is 1.87. The first-order valence-electron chi connectivity index (χ1n) is 25.1. The smallest absolute Gasteiger partial charge is 0.0714 e. The number of rotatable bonds is 9. The van der Waals surface area contributed by atoms with Crippen molar-refractivity contribution >= 4 is 59.3 Å². The molecule has 1 aromatic heterocycles. The number of thiophene rings is 1. The van der Waals surface area contributed by atoms with Crippen molar-refractivity contribution in [2.45, 2.75) is 5.41 Å². The molecule has 0 radical (unpaired) electrons. The minimum absolute atomic E-state index is 0.657.